The highest BCUT2D eigenvalue weighted by molar-refractivity contribution is 7.99. The van der Waals surface area contributed by atoms with Crippen LogP contribution in [0.5, 0.6) is 0 Å². The molecule has 0 saturated heterocycles. The molecule has 1 aliphatic carbocycles. The summed E-state index contributed by atoms with van der Waals surface area (Å²) in [6.45, 7) is 4.25. The molecule has 94 valence electrons. The van der Waals surface area contributed by atoms with E-state index in [2.05, 4.69) is 28.6 Å². The molecule has 1 aromatic rings. The Morgan fingerprint density at radius 3 is 2.76 bits per heavy atom. The van der Waals surface area contributed by atoms with Gasteiger partial charge in [-0.05, 0) is 12.8 Å². The molecule has 0 radical (unpaired) electrons. The average Bonchev–Trinajstić information content (AvgIpc) is 2.99. The van der Waals surface area contributed by atoms with Crippen LogP contribution in [0.3, 0.4) is 0 Å². The lowest BCUT2D eigenvalue weighted by Crippen LogP contribution is -2.11. The van der Waals surface area contributed by atoms with E-state index < -0.39 is 0 Å². The van der Waals surface area contributed by atoms with E-state index in [0.717, 1.165) is 11.0 Å². The smallest absolute Gasteiger partial charge is 0.218 e. The molecule has 1 saturated carbocycles. The third-order valence-corrected chi connectivity index (χ3v) is 3.64. The predicted molar refractivity (Wildman–Crippen MR) is 66.9 cm³/mol. The van der Waals surface area contributed by atoms with E-state index in [1.54, 1.807) is 11.8 Å². The van der Waals surface area contributed by atoms with Crippen LogP contribution in [-0.4, -0.2) is 26.4 Å². The van der Waals surface area contributed by atoms with Gasteiger partial charge < -0.3 is 10.3 Å². The molecule has 0 bridgehead atoms. The first-order valence-corrected chi connectivity index (χ1v) is 6.94. The van der Waals surface area contributed by atoms with Gasteiger partial charge in [0.25, 0.3) is 0 Å². The van der Waals surface area contributed by atoms with Crippen LogP contribution in [0.4, 0.5) is 0 Å². The number of nitrogens with two attached hydrogens (primary N) is 1. The second-order valence-corrected chi connectivity index (χ2v) is 5.72. The molecule has 0 aromatic carbocycles. The number of primary amides is 1. The van der Waals surface area contributed by atoms with Crippen molar-refractivity contribution in [1.29, 1.82) is 0 Å². The minimum absolute atomic E-state index is 0.265. The maximum atomic E-state index is 10.7. The first kappa shape index (κ1) is 12.4. The van der Waals surface area contributed by atoms with E-state index in [0.29, 0.717) is 24.1 Å². The number of nitrogens with zero attached hydrogens (tertiary/aromatic N) is 3. The summed E-state index contributed by atoms with van der Waals surface area (Å²) >= 11 is 1.57. The monoisotopic (exact) mass is 254 g/mol. The molecule has 0 unspecified atom stereocenters. The Kier molecular flexibility index (Phi) is 3.71. The van der Waals surface area contributed by atoms with Crippen LogP contribution < -0.4 is 5.73 Å². The van der Waals surface area contributed by atoms with Gasteiger partial charge in [0.2, 0.25) is 5.91 Å². The number of rotatable bonds is 6. The maximum Gasteiger partial charge on any atom is 0.218 e. The topological polar surface area (TPSA) is 73.8 Å². The van der Waals surface area contributed by atoms with Crippen molar-refractivity contribution in [3.63, 3.8) is 0 Å². The van der Waals surface area contributed by atoms with Crippen LogP contribution in [0.25, 0.3) is 0 Å². The third kappa shape index (κ3) is 3.00. The molecule has 0 aliphatic heterocycles. The van der Waals surface area contributed by atoms with E-state index in [9.17, 15) is 4.79 Å². The number of amides is 1. The molecular formula is C11H18N4OS. The Labute approximate surface area is 105 Å². The lowest BCUT2D eigenvalue weighted by atomic mass is 10.2. The van der Waals surface area contributed by atoms with Crippen molar-refractivity contribution in [2.75, 3.05) is 5.75 Å². The summed E-state index contributed by atoms with van der Waals surface area (Å²) in [6.07, 6.45) is 2.81. The van der Waals surface area contributed by atoms with E-state index in [1.165, 1.54) is 12.8 Å². The Morgan fingerprint density at radius 1 is 1.53 bits per heavy atom. The van der Waals surface area contributed by atoms with Crippen molar-refractivity contribution in [1.82, 2.24) is 14.8 Å². The molecule has 6 heteroatoms. The fraction of sp³-hybridized carbons (Fsp3) is 0.727. The fourth-order valence-corrected chi connectivity index (χ4v) is 2.67. The van der Waals surface area contributed by atoms with Gasteiger partial charge in [-0.2, -0.15) is 0 Å². The summed E-state index contributed by atoms with van der Waals surface area (Å²) in [7, 11) is 0. The van der Waals surface area contributed by atoms with E-state index >= 15 is 0 Å². The summed E-state index contributed by atoms with van der Waals surface area (Å²) in [6, 6.07) is 0.568. The van der Waals surface area contributed by atoms with Crippen molar-refractivity contribution in [3.05, 3.63) is 5.82 Å². The number of carbonyl (C=O) groups is 1. The quantitative estimate of drug-likeness (QED) is 0.784. The highest BCUT2D eigenvalue weighted by Crippen LogP contribution is 2.40. The second kappa shape index (κ2) is 5.08. The lowest BCUT2D eigenvalue weighted by molar-refractivity contribution is -0.117. The molecule has 17 heavy (non-hydrogen) atoms. The summed E-state index contributed by atoms with van der Waals surface area (Å²) in [4.78, 5) is 10.7. The van der Waals surface area contributed by atoms with E-state index in [1.807, 2.05) is 0 Å². The molecule has 2 N–H and O–H groups in total. The molecule has 1 amide bonds. The van der Waals surface area contributed by atoms with Crippen LogP contribution >= 0.6 is 11.8 Å². The van der Waals surface area contributed by atoms with Gasteiger partial charge in [0.05, 0.1) is 0 Å². The predicted octanol–water partition coefficient (Wildman–Crippen LogP) is 1.70. The zero-order chi connectivity index (χ0) is 12.4. The SMILES string of the molecule is CC(C)c1nnc(SCCC(N)=O)n1C1CC1. The molecule has 5 nitrogen and oxygen atoms in total. The summed E-state index contributed by atoms with van der Waals surface area (Å²) in [5.74, 6) is 1.85. The highest BCUT2D eigenvalue weighted by Gasteiger charge is 2.30. The second-order valence-electron chi connectivity index (χ2n) is 4.66. The fourth-order valence-electron chi connectivity index (χ4n) is 1.70. The van der Waals surface area contributed by atoms with Crippen molar-refractivity contribution in [3.8, 4) is 0 Å². The summed E-state index contributed by atoms with van der Waals surface area (Å²) in [5.41, 5.74) is 5.13. The highest BCUT2D eigenvalue weighted by atomic mass is 32.2. The lowest BCUT2D eigenvalue weighted by Gasteiger charge is -2.10. The standard InChI is InChI=1S/C11H18N4OS/c1-7(2)10-13-14-11(15(10)8-3-4-8)17-6-5-9(12)16/h7-8H,3-6H2,1-2H3,(H2,12,16). The minimum Gasteiger partial charge on any atom is -0.370 e. The van der Waals surface area contributed by atoms with Crippen LogP contribution in [0, 0.1) is 0 Å². The normalized spacial score (nSPS) is 15.5. The number of hydrogen-bond acceptors (Lipinski definition) is 4. The number of carbonyl (C=O) groups excluding carboxylic acids is 1. The molecule has 1 aliphatic rings. The van der Waals surface area contributed by atoms with Gasteiger partial charge in [0.15, 0.2) is 5.16 Å². The summed E-state index contributed by atoms with van der Waals surface area (Å²) in [5, 5.41) is 9.40. The van der Waals surface area contributed by atoms with E-state index in [4.69, 9.17) is 5.73 Å². The Balaban J connectivity index is 2.08. The van der Waals surface area contributed by atoms with Gasteiger partial charge in [0.1, 0.15) is 5.82 Å². The molecule has 1 fully saturated rings. The van der Waals surface area contributed by atoms with Gasteiger partial charge in [-0.3, -0.25) is 4.79 Å². The molecule has 0 atom stereocenters. The first-order chi connectivity index (χ1) is 8.09. The van der Waals surface area contributed by atoms with Crippen molar-refractivity contribution < 1.29 is 4.79 Å². The van der Waals surface area contributed by atoms with Gasteiger partial charge in [-0.15, -0.1) is 10.2 Å². The first-order valence-electron chi connectivity index (χ1n) is 5.95. The molecule has 2 rings (SSSR count). The van der Waals surface area contributed by atoms with E-state index in [-0.39, 0.29) is 5.91 Å². The van der Waals surface area contributed by atoms with Gasteiger partial charge in [0, 0.05) is 24.1 Å². The Hall–Kier alpha value is -1.04. The zero-order valence-electron chi connectivity index (χ0n) is 10.2. The molecule has 1 aromatic heterocycles. The molecule has 0 spiro atoms. The van der Waals surface area contributed by atoms with Crippen LogP contribution in [-0.2, 0) is 4.79 Å². The Morgan fingerprint density at radius 2 is 2.24 bits per heavy atom. The van der Waals surface area contributed by atoms with Gasteiger partial charge in [-0.1, -0.05) is 25.6 Å². The van der Waals surface area contributed by atoms with Crippen LogP contribution in [0.1, 0.15) is 50.9 Å². The van der Waals surface area contributed by atoms with Crippen molar-refractivity contribution in [2.45, 2.75) is 50.2 Å². The van der Waals surface area contributed by atoms with Crippen molar-refractivity contribution >= 4 is 17.7 Å². The average molecular weight is 254 g/mol. The van der Waals surface area contributed by atoms with Gasteiger partial charge in [-0.25, -0.2) is 0 Å². The maximum absolute atomic E-state index is 10.7. The zero-order valence-corrected chi connectivity index (χ0v) is 11.0. The molecule has 1 heterocycles. The molecular weight excluding hydrogens is 236 g/mol. The minimum atomic E-state index is -0.265. The largest absolute Gasteiger partial charge is 0.370 e. The van der Waals surface area contributed by atoms with Crippen molar-refractivity contribution in [2.24, 2.45) is 5.73 Å². The summed E-state index contributed by atoms with van der Waals surface area (Å²) < 4.78 is 2.23. The Bertz CT molecular complexity index is 412. The number of thioether (sulfide) groups is 1. The number of aromatic nitrogens is 3. The third-order valence-electron chi connectivity index (χ3n) is 2.70. The van der Waals surface area contributed by atoms with Crippen LogP contribution in [0.15, 0.2) is 5.16 Å². The van der Waals surface area contributed by atoms with Crippen LogP contribution in [0.2, 0.25) is 0 Å². The van der Waals surface area contributed by atoms with Gasteiger partial charge >= 0.3 is 0 Å². The number of hydrogen-bond donors (Lipinski definition) is 1.